The molecule has 0 atom stereocenters. The van der Waals surface area contributed by atoms with E-state index in [4.69, 9.17) is 24.9 Å². The van der Waals surface area contributed by atoms with E-state index in [9.17, 15) is 4.79 Å². The highest BCUT2D eigenvalue weighted by molar-refractivity contribution is 7.21. The van der Waals surface area contributed by atoms with Crippen LogP contribution in [0.25, 0.3) is 31.7 Å². The predicted octanol–water partition coefficient (Wildman–Crippen LogP) is 5.35. The molecule has 0 spiro atoms. The van der Waals surface area contributed by atoms with Crippen molar-refractivity contribution in [3.63, 3.8) is 0 Å². The molecule has 5 rings (SSSR count). The topological polar surface area (TPSA) is 96.6 Å². The smallest absolute Gasteiger partial charge is 0.221 e. The first kappa shape index (κ1) is 21.7. The fourth-order valence-corrected chi connectivity index (χ4v) is 4.76. The first-order valence-corrected chi connectivity index (χ1v) is 11.3. The van der Waals surface area contributed by atoms with E-state index in [1.165, 1.54) is 0 Å². The minimum atomic E-state index is -0.358. The second-order valence-electron chi connectivity index (χ2n) is 7.63. The largest absolute Gasteiger partial charge is 0.493 e. The summed E-state index contributed by atoms with van der Waals surface area (Å²) in [4.78, 5) is 20.4. The highest BCUT2D eigenvalue weighted by Crippen LogP contribution is 2.38. The Morgan fingerprint density at radius 1 is 0.941 bits per heavy atom. The van der Waals surface area contributed by atoms with E-state index in [1.807, 2.05) is 60.7 Å². The van der Waals surface area contributed by atoms with Gasteiger partial charge in [0.2, 0.25) is 5.91 Å². The lowest BCUT2D eigenvalue weighted by molar-refractivity contribution is -0.117. The third-order valence-corrected chi connectivity index (χ3v) is 6.41. The molecule has 3 aromatic carbocycles. The fraction of sp³-hybridized carbons (Fsp3) is 0.115. The van der Waals surface area contributed by atoms with Gasteiger partial charge in [0.25, 0.3) is 0 Å². The highest BCUT2D eigenvalue weighted by Gasteiger charge is 2.13. The lowest BCUT2D eigenvalue weighted by Crippen LogP contribution is -2.13. The van der Waals surface area contributed by atoms with Crippen molar-refractivity contribution in [2.24, 2.45) is 5.73 Å². The molecule has 5 aromatic rings. The van der Waals surface area contributed by atoms with Crippen LogP contribution in [0.15, 0.2) is 66.9 Å². The maximum atomic E-state index is 11.3. The quantitative estimate of drug-likeness (QED) is 0.344. The summed E-state index contributed by atoms with van der Waals surface area (Å²) in [5.41, 5.74) is 8.77. The van der Waals surface area contributed by atoms with Crippen molar-refractivity contribution in [3.8, 4) is 33.6 Å². The number of nitrogens with zero attached hydrogens (tertiary/aromatic N) is 2. The SMILES string of the molecule is COc1cc2nccc(Oc3ccc4nc(-c5cccc(CC(N)=O)c5)sc4c3)c2cc1OC. The second kappa shape index (κ2) is 8.99. The Balaban J connectivity index is 1.48. The molecule has 0 aliphatic carbocycles. The Morgan fingerprint density at radius 3 is 2.56 bits per heavy atom. The molecule has 7 nitrogen and oxygen atoms in total. The van der Waals surface area contributed by atoms with Gasteiger partial charge in [-0.1, -0.05) is 18.2 Å². The fourth-order valence-electron chi connectivity index (χ4n) is 3.77. The third kappa shape index (κ3) is 4.23. The van der Waals surface area contributed by atoms with Crippen LogP contribution in [0.4, 0.5) is 0 Å². The normalized spacial score (nSPS) is 11.0. The number of fused-ring (bicyclic) bond motifs is 2. The van der Waals surface area contributed by atoms with Gasteiger partial charge in [0, 0.05) is 29.3 Å². The molecule has 34 heavy (non-hydrogen) atoms. The van der Waals surface area contributed by atoms with Crippen molar-refractivity contribution in [1.82, 2.24) is 9.97 Å². The highest BCUT2D eigenvalue weighted by atomic mass is 32.1. The van der Waals surface area contributed by atoms with Crippen molar-refractivity contribution in [2.75, 3.05) is 14.2 Å². The molecule has 0 radical (unpaired) electrons. The number of pyridine rings is 1. The Kier molecular flexibility index (Phi) is 5.73. The summed E-state index contributed by atoms with van der Waals surface area (Å²) in [6, 6.07) is 19.0. The number of nitrogens with two attached hydrogens (primary N) is 1. The van der Waals surface area contributed by atoms with Gasteiger partial charge in [-0.3, -0.25) is 9.78 Å². The van der Waals surface area contributed by atoms with Crippen molar-refractivity contribution in [3.05, 3.63) is 72.4 Å². The summed E-state index contributed by atoms with van der Waals surface area (Å²) >= 11 is 1.56. The van der Waals surface area contributed by atoms with E-state index in [0.29, 0.717) is 23.0 Å². The third-order valence-electron chi connectivity index (χ3n) is 5.35. The average molecular weight is 472 g/mol. The number of benzene rings is 3. The number of rotatable bonds is 7. The maximum Gasteiger partial charge on any atom is 0.221 e. The van der Waals surface area contributed by atoms with Crippen LogP contribution in [-0.4, -0.2) is 30.1 Å². The first-order chi connectivity index (χ1) is 16.5. The van der Waals surface area contributed by atoms with Gasteiger partial charge in [-0.25, -0.2) is 4.98 Å². The molecule has 0 bridgehead atoms. The lowest BCUT2D eigenvalue weighted by atomic mass is 10.1. The minimum absolute atomic E-state index is 0.202. The van der Waals surface area contributed by atoms with E-state index in [0.717, 1.165) is 37.3 Å². The number of hydrogen-bond acceptors (Lipinski definition) is 7. The Morgan fingerprint density at radius 2 is 1.76 bits per heavy atom. The zero-order valence-corrected chi connectivity index (χ0v) is 19.4. The van der Waals surface area contributed by atoms with Crippen LogP contribution in [0.3, 0.4) is 0 Å². The predicted molar refractivity (Wildman–Crippen MR) is 133 cm³/mol. The van der Waals surface area contributed by atoms with Crippen LogP contribution in [-0.2, 0) is 11.2 Å². The van der Waals surface area contributed by atoms with Crippen LogP contribution in [0.2, 0.25) is 0 Å². The minimum Gasteiger partial charge on any atom is -0.493 e. The molecule has 1 amide bonds. The van der Waals surface area contributed by atoms with Crippen LogP contribution in [0.5, 0.6) is 23.0 Å². The Hall–Kier alpha value is -4.17. The second-order valence-corrected chi connectivity index (χ2v) is 8.66. The monoisotopic (exact) mass is 471 g/mol. The molecular formula is C26H21N3O4S. The first-order valence-electron chi connectivity index (χ1n) is 10.5. The summed E-state index contributed by atoms with van der Waals surface area (Å²) in [6.45, 7) is 0. The number of carbonyl (C=O) groups excluding carboxylic acids is 1. The standard InChI is InChI=1S/C26H21N3O4S/c1-31-22-13-18-20(14-23(22)32-2)28-9-8-21(18)33-17-6-7-19-24(12-17)34-26(29-19)16-5-3-4-15(10-16)11-25(27)30/h3-10,12-14H,11H2,1-2H3,(H2,27,30). The molecule has 2 N–H and O–H groups in total. The van der Waals surface area contributed by atoms with Crippen molar-refractivity contribution in [1.29, 1.82) is 0 Å². The van der Waals surface area contributed by atoms with Crippen molar-refractivity contribution in [2.45, 2.75) is 6.42 Å². The molecule has 8 heteroatoms. The number of carbonyl (C=O) groups is 1. The zero-order valence-electron chi connectivity index (χ0n) is 18.6. The number of hydrogen-bond donors (Lipinski definition) is 1. The van der Waals surface area contributed by atoms with E-state index in [-0.39, 0.29) is 12.3 Å². The van der Waals surface area contributed by atoms with Gasteiger partial charge in [0.1, 0.15) is 16.5 Å². The molecule has 0 saturated carbocycles. The molecule has 0 unspecified atom stereocenters. The van der Waals surface area contributed by atoms with Gasteiger partial charge in [-0.05, 0) is 35.9 Å². The van der Waals surface area contributed by atoms with Crippen LogP contribution in [0, 0.1) is 0 Å². The van der Waals surface area contributed by atoms with Gasteiger partial charge in [-0.15, -0.1) is 11.3 Å². The number of thiazole rings is 1. The number of ether oxygens (including phenoxy) is 3. The van der Waals surface area contributed by atoms with Gasteiger partial charge < -0.3 is 19.9 Å². The molecule has 170 valence electrons. The number of primary amides is 1. The van der Waals surface area contributed by atoms with Gasteiger partial charge >= 0.3 is 0 Å². The van der Waals surface area contributed by atoms with E-state index >= 15 is 0 Å². The van der Waals surface area contributed by atoms with E-state index < -0.39 is 0 Å². The summed E-state index contributed by atoms with van der Waals surface area (Å²) in [7, 11) is 3.19. The van der Waals surface area contributed by atoms with E-state index in [2.05, 4.69) is 4.98 Å². The summed E-state index contributed by atoms with van der Waals surface area (Å²) in [6.07, 6.45) is 1.90. The van der Waals surface area contributed by atoms with Gasteiger partial charge in [0.15, 0.2) is 11.5 Å². The summed E-state index contributed by atoms with van der Waals surface area (Å²) in [5, 5.41) is 1.68. The molecule has 0 aliphatic rings. The van der Waals surface area contributed by atoms with Crippen LogP contribution < -0.4 is 19.9 Å². The number of aromatic nitrogens is 2. The average Bonchev–Trinajstić information content (AvgIpc) is 3.27. The van der Waals surface area contributed by atoms with Crippen LogP contribution >= 0.6 is 11.3 Å². The molecule has 0 saturated heterocycles. The van der Waals surface area contributed by atoms with Gasteiger partial charge in [0.05, 0.1) is 36.4 Å². The van der Waals surface area contributed by atoms with Gasteiger partial charge in [-0.2, -0.15) is 0 Å². The van der Waals surface area contributed by atoms with E-state index in [1.54, 1.807) is 31.8 Å². The number of amides is 1. The maximum absolute atomic E-state index is 11.3. The summed E-state index contributed by atoms with van der Waals surface area (Å²) < 4.78 is 18.1. The molecule has 2 aromatic heterocycles. The van der Waals surface area contributed by atoms with Crippen molar-refractivity contribution < 1.29 is 19.0 Å². The van der Waals surface area contributed by atoms with Crippen LogP contribution in [0.1, 0.15) is 5.56 Å². The molecule has 0 fully saturated rings. The number of methoxy groups -OCH3 is 2. The molecular weight excluding hydrogens is 450 g/mol. The summed E-state index contributed by atoms with van der Waals surface area (Å²) in [5.74, 6) is 2.21. The Labute approximate surface area is 199 Å². The van der Waals surface area contributed by atoms with Crippen molar-refractivity contribution >= 4 is 38.4 Å². The molecule has 0 aliphatic heterocycles. The Bertz CT molecular complexity index is 1530. The zero-order chi connectivity index (χ0) is 23.7. The molecule has 2 heterocycles. The lowest BCUT2D eigenvalue weighted by Gasteiger charge is -2.12.